The second kappa shape index (κ2) is 9.97. The average Bonchev–Trinajstić information content (AvgIpc) is 3.38. The molecule has 9 heteroatoms. The van der Waals surface area contributed by atoms with E-state index in [9.17, 15) is 18.0 Å². The van der Waals surface area contributed by atoms with E-state index in [-0.39, 0.29) is 35.7 Å². The fourth-order valence-corrected chi connectivity index (χ4v) is 4.69. The lowest BCUT2D eigenvalue weighted by Crippen LogP contribution is -2.34. The van der Waals surface area contributed by atoms with Crippen molar-refractivity contribution in [2.24, 2.45) is 11.8 Å². The number of alkyl halides is 3. The van der Waals surface area contributed by atoms with Gasteiger partial charge < -0.3 is 14.9 Å². The average molecular weight is 473 g/mol. The van der Waals surface area contributed by atoms with Crippen molar-refractivity contribution in [3.8, 4) is 0 Å². The van der Waals surface area contributed by atoms with Crippen LogP contribution in [0.25, 0.3) is 0 Å². The van der Waals surface area contributed by atoms with Crippen molar-refractivity contribution in [3.63, 3.8) is 0 Å². The summed E-state index contributed by atoms with van der Waals surface area (Å²) in [6.45, 7) is 3.63. The van der Waals surface area contributed by atoms with E-state index in [0.29, 0.717) is 38.4 Å². The summed E-state index contributed by atoms with van der Waals surface area (Å²) in [7, 11) is 0. The zero-order valence-corrected chi connectivity index (χ0v) is 18.9. The molecule has 0 radical (unpaired) electrons. The molecule has 2 saturated heterocycles. The van der Waals surface area contributed by atoms with Gasteiger partial charge >= 0.3 is 6.18 Å². The minimum atomic E-state index is -4.40. The molecule has 4 rings (SSSR count). The van der Waals surface area contributed by atoms with E-state index in [1.165, 1.54) is 12.1 Å². The zero-order chi connectivity index (χ0) is 24.3. The Morgan fingerprint density at radius 1 is 1.03 bits per heavy atom. The van der Waals surface area contributed by atoms with Gasteiger partial charge in [-0.3, -0.25) is 4.79 Å². The van der Waals surface area contributed by atoms with Gasteiger partial charge in [0.1, 0.15) is 11.5 Å². The highest BCUT2D eigenvalue weighted by Crippen LogP contribution is 2.40. The second-order valence-corrected chi connectivity index (χ2v) is 8.72. The van der Waals surface area contributed by atoms with E-state index < -0.39 is 11.7 Å². The molecule has 1 aromatic heterocycles. The number of amides is 1. The molecule has 0 aliphatic carbocycles. The van der Waals surface area contributed by atoms with E-state index in [4.69, 9.17) is 5.11 Å². The monoisotopic (exact) mass is 472 g/mol. The number of aromatic nitrogens is 2. The first-order chi connectivity index (χ1) is 16.3. The molecule has 0 spiro atoms. The first kappa shape index (κ1) is 23.9. The van der Waals surface area contributed by atoms with Crippen molar-refractivity contribution >= 4 is 11.6 Å². The number of benzene rings is 1. The van der Waals surface area contributed by atoms with Crippen LogP contribution in [0, 0.1) is 18.8 Å². The predicted molar refractivity (Wildman–Crippen MR) is 122 cm³/mol. The number of hydrogen-bond donors (Lipinski definition) is 1. The Labute approximate surface area is 196 Å². The molecule has 1 amide bonds. The molecule has 0 saturated carbocycles. The smallest absolute Gasteiger partial charge is 0.396 e. The normalized spacial score (nSPS) is 19.7. The third-order valence-corrected chi connectivity index (χ3v) is 6.32. The Bertz CT molecular complexity index is 1090. The molecular formula is C25H27F3N4O2. The van der Waals surface area contributed by atoms with E-state index in [2.05, 4.69) is 9.97 Å². The maximum absolute atomic E-state index is 13.4. The second-order valence-electron chi connectivity index (χ2n) is 8.72. The van der Waals surface area contributed by atoms with Crippen LogP contribution in [-0.4, -0.2) is 58.7 Å². The van der Waals surface area contributed by atoms with E-state index in [1.807, 2.05) is 6.07 Å². The van der Waals surface area contributed by atoms with Gasteiger partial charge in [-0.25, -0.2) is 9.97 Å². The molecule has 2 aliphatic rings. The van der Waals surface area contributed by atoms with E-state index in [1.54, 1.807) is 47.2 Å². The van der Waals surface area contributed by atoms with Crippen LogP contribution in [0.4, 0.5) is 18.9 Å². The number of aliphatic hydroxyl groups excluding tert-OH is 1. The van der Waals surface area contributed by atoms with Crippen LogP contribution in [0.5, 0.6) is 0 Å². The first-order valence-electron chi connectivity index (χ1n) is 11.2. The minimum absolute atomic E-state index is 0.0119. The number of carbonyl (C=O) groups is 1. The molecule has 1 aromatic carbocycles. The van der Waals surface area contributed by atoms with E-state index in [0.717, 1.165) is 11.6 Å². The van der Waals surface area contributed by atoms with Crippen molar-refractivity contribution < 1.29 is 23.1 Å². The molecule has 3 heterocycles. The quantitative estimate of drug-likeness (QED) is 0.736. The van der Waals surface area contributed by atoms with Crippen LogP contribution in [0.3, 0.4) is 0 Å². The number of anilines is 1. The lowest BCUT2D eigenvalue weighted by atomic mass is 10.0. The van der Waals surface area contributed by atoms with Gasteiger partial charge in [0, 0.05) is 56.5 Å². The molecule has 0 unspecified atom stereocenters. The lowest BCUT2D eigenvalue weighted by molar-refractivity contribution is -0.137. The number of likely N-dealkylation sites (tertiary alicyclic amines) is 1. The van der Waals surface area contributed by atoms with Gasteiger partial charge in [-0.15, -0.1) is 0 Å². The summed E-state index contributed by atoms with van der Waals surface area (Å²) in [5, 5.41) is 9.13. The Kier molecular flexibility index (Phi) is 7.02. The number of aliphatic hydroxyl groups is 1. The third-order valence-electron chi connectivity index (χ3n) is 6.32. The highest BCUT2D eigenvalue weighted by atomic mass is 19.4. The number of fused-ring (bicyclic) bond motifs is 1. The Balaban J connectivity index is 1.49. The molecule has 6 nitrogen and oxygen atoms in total. The van der Waals surface area contributed by atoms with Crippen LogP contribution in [0.15, 0.2) is 54.7 Å². The number of halogens is 3. The molecule has 0 bridgehead atoms. The number of aryl methyl sites for hydroxylation is 1. The van der Waals surface area contributed by atoms with Crippen LogP contribution in [-0.2, 0) is 12.6 Å². The Morgan fingerprint density at radius 3 is 2.35 bits per heavy atom. The van der Waals surface area contributed by atoms with Crippen molar-refractivity contribution in [1.82, 2.24) is 14.9 Å². The number of hydrogen-bond acceptors (Lipinski definition) is 5. The molecule has 1 N–H and O–H groups in total. The molecule has 180 valence electrons. The lowest BCUT2D eigenvalue weighted by Gasteiger charge is -2.25. The van der Waals surface area contributed by atoms with Crippen molar-refractivity contribution in [2.75, 3.05) is 37.7 Å². The predicted octanol–water partition coefficient (Wildman–Crippen LogP) is 3.67. The summed E-state index contributed by atoms with van der Waals surface area (Å²) in [5.41, 5.74) is 0.696. The topological polar surface area (TPSA) is 69.6 Å². The van der Waals surface area contributed by atoms with Crippen LogP contribution in [0.1, 0.15) is 27.4 Å². The van der Waals surface area contributed by atoms with Crippen molar-refractivity contribution in [1.29, 1.82) is 0 Å². The van der Waals surface area contributed by atoms with Crippen LogP contribution < -0.4 is 4.90 Å². The highest BCUT2D eigenvalue weighted by Gasteiger charge is 2.44. The van der Waals surface area contributed by atoms with Gasteiger partial charge in [0.2, 0.25) is 0 Å². The third kappa shape index (κ3) is 5.30. The van der Waals surface area contributed by atoms with Gasteiger partial charge in [-0.05, 0) is 37.1 Å². The number of para-hydroxylation sites is 1. The molecule has 2 atom stereocenters. The van der Waals surface area contributed by atoms with Crippen LogP contribution in [0.2, 0.25) is 0 Å². The first-order valence-corrected chi connectivity index (χ1v) is 11.2. The number of nitrogens with zero attached hydrogens (tertiary/aromatic N) is 4. The van der Waals surface area contributed by atoms with Crippen molar-refractivity contribution in [3.05, 3.63) is 77.4 Å². The molecule has 2 aromatic rings. The van der Waals surface area contributed by atoms with E-state index >= 15 is 0 Å². The SMILES string of the molecule is Cc1ncc(CCO)ccccc(C(=O)N2C[C@@H]3CN(c4ccccc4C(F)(F)F)C[C@@H]3C2)n1. The van der Waals surface area contributed by atoms with Crippen LogP contribution >= 0.6 is 0 Å². The summed E-state index contributed by atoms with van der Waals surface area (Å²) >= 11 is 0. The Morgan fingerprint density at radius 2 is 1.68 bits per heavy atom. The zero-order valence-electron chi connectivity index (χ0n) is 18.9. The molecular weight excluding hydrogens is 445 g/mol. The summed E-state index contributed by atoms with van der Waals surface area (Å²) in [4.78, 5) is 25.4. The fraction of sp³-hybridized carbons (Fsp3) is 0.400. The largest absolute Gasteiger partial charge is 0.418 e. The maximum Gasteiger partial charge on any atom is 0.418 e. The molecule has 2 aliphatic heterocycles. The maximum atomic E-state index is 13.4. The van der Waals surface area contributed by atoms with Gasteiger partial charge in [0.25, 0.3) is 5.91 Å². The standard InChI is InChI=1S/C25H27F3N4O2/c1-17-29-12-18(10-11-33)6-2-4-8-22(30-17)24(34)32-15-19-13-31(14-20(19)16-32)23-9-5-3-7-21(23)25(26,27)28/h2-9,12,19-20,33H,10-11,13-16H2,1H3/t19-,20+. The van der Waals surface area contributed by atoms with Gasteiger partial charge in [-0.2, -0.15) is 13.2 Å². The summed E-state index contributed by atoms with van der Waals surface area (Å²) in [6, 6.07) is 12.6. The van der Waals surface area contributed by atoms with Gasteiger partial charge in [0.15, 0.2) is 0 Å². The summed E-state index contributed by atoms with van der Waals surface area (Å²) < 4.78 is 40.3. The Hall–Kier alpha value is -3.20. The number of carbonyl (C=O) groups excluding carboxylic acids is 1. The fourth-order valence-electron chi connectivity index (χ4n) is 4.69. The van der Waals surface area contributed by atoms with Gasteiger partial charge in [0.05, 0.1) is 5.56 Å². The minimum Gasteiger partial charge on any atom is -0.396 e. The van der Waals surface area contributed by atoms with Crippen molar-refractivity contribution in [2.45, 2.75) is 19.5 Å². The number of rotatable bonds is 4. The summed E-state index contributed by atoms with van der Waals surface area (Å²) in [5.74, 6) is 0.421. The van der Waals surface area contributed by atoms with Gasteiger partial charge in [-0.1, -0.05) is 30.3 Å². The summed E-state index contributed by atoms with van der Waals surface area (Å²) in [6.07, 6.45) is -2.31. The molecule has 2 fully saturated rings. The highest BCUT2D eigenvalue weighted by molar-refractivity contribution is 5.92. The molecule has 34 heavy (non-hydrogen) atoms.